The molecule has 3 heterocycles. The lowest BCUT2D eigenvalue weighted by molar-refractivity contribution is -0.112. The van der Waals surface area contributed by atoms with Gasteiger partial charge < -0.3 is 15.6 Å². The number of alkyl halides is 2. The number of nitrogens with zero attached hydrogens (tertiary/aromatic N) is 4. The number of anilines is 2. The zero-order valence-electron chi connectivity index (χ0n) is 21.9. The maximum atomic E-state index is 15.4. The van der Waals surface area contributed by atoms with Gasteiger partial charge in [0.05, 0.1) is 20.8 Å². The molecule has 0 bridgehead atoms. The summed E-state index contributed by atoms with van der Waals surface area (Å²) in [4.78, 5) is 20.5. The Labute approximate surface area is 229 Å². The van der Waals surface area contributed by atoms with E-state index in [2.05, 4.69) is 26.2 Å². The van der Waals surface area contributed by atoms with E-state index in [1.807, 2.05) is 0 Å². The molecule has 5 rings (SSSR count). The van der Waals surface area contributed by atoms with Crippen molar-refractivity contribution in [2.75, 3.05) is 22.6 Å². The number of hydrogen-bond acceptors (Lipinski definition) is 6. The standard InChI is InChI=1S/C28H27F3N6O2S/c1-15(2)28(38)35-17-7-8-18(19(13-17)25(30)31)24-22(23-26(32)33-14-34-27(23)37(24)3)16-6-9-21(20(29)12-16)36-40(39)10-4-5-11-40/h6-9,12-14,25H,1,4-5,10-11H2,2-3H3,(H,35,38)(H2,32,33,34). The Morgan fingerprint density at radius 2 is 1.90 bits per heavy atom. The molecule has 2 aromatic heterocycles. The highest BCUT2D eigenvalue weighted by atomic mass is 32.2. The van der Waals surface area contributed by atoms with E-state index in [-0.39, 0.29) is 33.9 Å². The molecule has 8 nitrogen and oxygen atoms in total. The van der Waals surface area contributed by atoms with Crippen molar-refractivity contribution >= 4 is 43.9 Å². The summed E-state index contributed by atoms with van der Waals surface area (Å²) >= 11 is 0. The van der Waals surface area contributed by atoms with Crippen molar-refractivity contribution in [3.8, 4) is 22.4 Å². The highest BCUT2D eigenvalue weighted by molar-refractivity contribution is 7.93. The van der Waals surface area contributed by atoms with Gasteiger partial charge in [0.25, 0.3) is 12.3 Å². The number of halogens is 3. The van der Waals surface area contributed by atoms with Crippen LogP contribution in [0, 0.1) is 5.82 Å². The highest BCUT2D eigenvalue weighted by Gasteiger charge is 2.27. The number of aromatic nitrogens is 3. The van der Waals surface area contributed by atoms with Gasteiger partial charge in [-0.25, -0.2) is 27.3 Å². The molecular weight excluding hydrogens is 541 g/mol. The smallest absolute Gasteiger partial charge is 0.264 e. The number of benzene rings is 2. The minimum absolute atomic E-state index is 0.0208. The first kappa shape index (κ1) is 27.4. The van der Waals surface area contributed by atoms with Crippen LogP contribution in [-0.4, -0.2) is 36.2 Å². The number of amides is 1. The van der Waals surface area contributed by atoms with Gasteiger partial charge >= 0.3 is 0 Å². The van der Waals surface area contributed by atoms with Gasteiger partial charge in [0.15, 0.2) is 0 Å². The van der Waals surface area contributed by atoms with E-state index in [0.29, 0.717) is 39.4 Å². The summed E-state index contributed by atoms with van der Waals surface area (Å²) < 4.78 is 63.0. The summed E-state index contributed by atoms with van der Waals surface area (Å²) in [6, 6.07) is 8.40. The quantitative estimate of drug-likeness (QED) is 0.262. The summed E-state index contributed by atoms with van der Waals surface area (Å²) in [6.07, 6.45) is -0.0894. The van der Waals surface area contributed by atoms with Crippen LogP contribution in [0.1, 0.15) is 31.8 Å². The summed E-state index contributed by atoms with van der Waals surface area (Å²) in [7, 11) is -0.863. The molecule has 0 spiro atoms. The topological polar surface area (TPSA) is 115 Å². The molecule has 1 aliphatic rings. The number of nitrogens with one attached hydrogen (secondary N) is 1. The molecule has 2 aromatic carbocycles. The van der Waals surface area contributed by atoms with E-state index >= 15 is 4.39 Å². The Kier molecular flexibility index (Phi) is 7.13. The van der Waals surface area contributed by atoms with Gasteiger partial charge in [0, 0.05) is 46.5 Å². The Bertz CT molecular complexity index is 1800. The van der Waals surface area contributed by atoms with Crippen LogP contribution in [0.15, 0.2) is 59.2 Å². The second-order valence-electron chi connectivity index (χ2n) is 9.72. The second kappa shape index (κ2) is 10.4. The SMILES string of the molecule is C=C(C)C(=O)Nc1ccc(-c2c(-c3ccc(N=S4(=O)CCCC4)c(F)c3)c3c(N)ncnc3n2C)c(C(F)F)c1. The maximum absolute atomic E-state index is 15.4. The van der Waals surface area contributed by atoms with E-state index in [4.69, 9.17) is 5.73 Å². The fourth-order valence-electron chi connectivity index (χ4n) is 4.91. The molecule has 0 radical (unpaired) electrons. The Morgan fingerprint density at radius 1 is 1.18 bits per heavy atom. The second-order valence-corrected chi connectivity index (χ2v) is 12.3. The van der Waals surface area contributed by atoms with Crippen LogP contribution in [0.4, 0.5) is 30.4 Å². The van der Waals surface area contributed by atoms with Gasteiger partial charge in [0.2, 0.25) is 0 Å². The maximum Gasteiger partial charge on any atom is 0.264 e. The van der Waals surface area contributed by atoms with Crippen LogP contribution < -0.4 is 11.1 Å². The lowest BCUT2D eigenvalue weighted by Crippen LogP contribution is -2.12. The van der Waals surface area contributed by atoms with E-state index in [1.54, 1.807) is 17.7 Å². The average molecular weight is 569 g/mol. The molecule has 12 heteroatoms. The molecule has 0 unspecified atom stereocenters. The number of carbonyl (C=O) groups excluding carboxylic acids is 1. The number of aryl methyl sites for hydroxylation is 1. The zero-order chi connectivity index (χ0) is 28.8. The predicted octanol–water partition coefficient (Wildman–Crippen LogP) is 6.37. The monoisotopic (exact) mass is 568 g/mol. The summed E-state index contributed by atoms with van der Waals surface area (Å²) in [5, 5.41) is 2.92. The van der Waals surface area contributed by atoms with E-state index in [0.717, 1.165) is 12.8 Å². The van der Waals surface area contributed by atoms with Crippen molar-refractivity contribution < 1.29 is 22.2 Å². The summed E-state index contributed by atoms with van der Waals surface area (Å²) in [5.41, 5.74) is 7.75. The third-order valence-electron chi connectivity index (χ3n) is 6.86. The first-order valence-electron chi connectivity index (χ1n) is 12.5. The van der Waals surface area contributed by atoms with E-state index in [1.165, 1.54) is 43.6 Å². The summed E-state index contributed by atoms with van der Waals surface area (Å²) in [6.45, 7) is 5.08. The van der Waals surface area contributed by atoms with Gasteiger partial charge in [0.1, 0.15) is 29.3 Å². The lowest BCUT2D eigenvalue weighted by Gasteiger charge is -2.15. The van der Waals surface area contributed by atoms with Crippen LogP contribution in [0.25, 0.3) is 33.4 Å². The first-order chi connectivity index (χ1) is 19.0. The third kappa shape index (κ3) is 4.94. The van der Waals surface area contributed by atoms with E-state index < -0.39 is 27.9 Å². The summed E-state index contributed by atoms with van der Waals surface area (Å²) in [5.74, 6) is -0.253. The van der Waals surface area contributed by atoms with Crippen LogP contribution in [-0.2, 0) is 21.6 Å². The van der Waals surface area contributed by atoms with Crippen molar-refractivity contribution in [1.29, 1.82) is 0 Å². The van der Waals surface area contributed by atoms with Gasteiger partial charge in [-0.2, -0.15) is 4.36 Å². The van der Waals surface area contributed by atoms with Crippen molar-refractivity contribution in [3.63, 3.8) is 0 Å². The molecule has 1 saturated heterocycles. The molecule has 1 amide bonds. The fourth-order valence-corrected chi connectivity index (χ4v) is 7.11. The molecule has 3 N–H and O–H groups in total. The number of rotatable bonds is 6. The van der Waals surface area contributed by atoms with E-state index in [9.17, 15) is 17.8 Å². The Hall–Kier alpha value is -4.19. The van der Waals surface area contributed by atoms with Crippen LogP contribution >= 0.6 is 0 Å². The molecule has 0 saturated carbocycles. The molecule has 208 valence electrons. The highest BCUT2D eigenvalue weighted by Crippen LogP contribution is 2.45. The number of carbonyl (C=O) groups is 1. The van der Waals surface area contributed by atoms with Gasteiger partial charge in [-0.05, 0) is 49.6 Å². The third-order valence-corrected chi connectivity index (χ3v) is 9.24. The largest absolute Gasteiger partial charge is 0.383 e. The van der Waals surface area contributed by atoms with Gasteiger partial charge in [-0.3, -0.25) is 4.79 Å². The Morgan fingerprint density at radius 3 is 2.55 bits per heavy atom. The number of nitrogens with two attached hydrogens (primary N) is 1. The van der Waals surface area contributed by atoms with Crippen LogP contribution in [0.5, 0.6) is 0 Å². The molecule has 0 atom stereocenters. The van der Waals surface area contributed by atoms with Crippen molar-refractivity contribution in [3.05, 3.63) is 66.3 Å². The Balaban J connectivity index is 1.74. The predicted molar refractivity (Wildman–Crippen MR) is 151 cm³/mol. The van der Waals surface area contributed by atoms with Crippen molar-refractivity contribution in [2.45, 2.75) is 26.2 Å². The van der Waals surface area contributed by atoms with Crippen molar-refractivity contribution in [2.24, 2.45) is 11.4 Å². The number of nitrogen functional groups attached to an aromatic ring is 1. The fraction of sp³-hybridized carbons (Fsp3) is 0.250. The van der Waals surface area contributed by atoms with Crippen LogP contribution in [0.3, 0.4) is 0 Å². The average Bonchev–Trinajstić information content (AvgIpc) is 3.47. The lowest BCUT2D eigenvalue weighted by atomic mass is 9.95. The number of fused-ring (bicyclic) bond motifs is 1. The molecule has 4 aromatic rings. The molecule has 1 aliphatic heterocycles. The van der Waals surface area contributed by atoms with Crippen LogP contribution in [0.2, 0.25) is 0 Å². The minimum atomic E-state index is -2.91. The first-order valence-corrected chi connectivity index (χ1v) is 14.3. The molecule has 40 heavy (non-hydrogen) atoms. The number of hydrogen-bond donors (Lipinski definition) is 2. The molecule has 1 fully saturated rings. The minimum Gasteiger partial charge on any atom is -0.383 e. The van der Waals surface area contributed by atoms with Crippen molar-refractivity contribution in [1.82, 2.24) is 14.5 Å². The molecule has 0 aliphatic carbocycles. The zero-order valence-corrected chi connectivity index (χ0v) is 22.7. The van der Waals surface area contributed by atoms with Gasteiger partial charge in [-0.1, -0.05) is 18.7 Å². The van der Waals surface area contributed by atoms with Gasteiger partial charge in [-0.15, -0.1) is 0 Å². The molecular formula is C28H27F3N6O2S. The normalized spacial score (nSPS) is 14.6.